The minimum Gasteiger partial charge on any atom is -0.867 e. The third-order valence-corrected chi connectivity index (χ3v) is 2.49. The van der Waals surface area contributed by atoms with Crippen LogP contribution in [0.2, 0.25) is 0 Å². The van der Waals surface area contributed by atoms with Crippen molar-refractivity contribution < 1.29 is 14.8 Å². The molecule has 2 aromatic rings. The molecular formula is C13H9N4O4-. The summed E-state index contributed by atoms with van der Waals surface area (Å²) >= 11 is 0. The topological polar surface area (TPSA) is 121 Å². The van der Waals surface area contributed by atoms with Crippen molar-refractivity contribution in [2.75, 3.05) is 0 Å². The number of carbonyl (C=O) groups is 1. The number of hydrogen-bond acceptors (Lipinski definition) is 6. The van der Waals surface area contributed by atoms with Gasteiger partial charge in [-0.3, -0.25) is 19.9 Å². The van der Waals surface area contributed by atoms with Crippen LogP contribution in [0.1, 0.15) is 16.1 Å². The quantitative estimate of drug-likeness (QED) is 0.506. The summed E-state index contributed by atoms with van der Waals surface area (Å²) in [6.45, 7) is 0. The van der Waals surface area contributed by atoms with Gasteiger partial charge in [-0.1, -0.05) is 18.2 Å². The smallest absolute Gasteiger partial charge is 0.289 e. The fourth-order valence-electron chi connectivity index (χ4n) is 1.50. The van der Waals surface area contributed by atoms with Crippen LogP contribution >= 0.6 is 0 Å². The molecule has 8 heteroatoms. The van der Waals surface area contributed by atoms with Crippen molar-refractivity contribution in [2.24, 2.45) is 5.10 Å². The molecule has 2 rings (SSSR count). The molecule has 0 saturated carbocycles. The molecule has 0 unspecified atom stereocenters. The molecule has 1 N–H and O–H groups in total. The van der Waals surface area contributed by atoms with Gasteiger partial charge >= 0.3 is 0 Å². The average Bonchev–Trinajstić information content (AvgIpc) is 2.49. The second-order valence-corrected chi connectivity index (χ2v) is 3.87. The summed E-state index contributed by atoms with van der Waals surface area (Å²) in [6, 6.07) is 8.63. The summed E-state index contributed by atoms with van der Waals surface area (Å²) in [6.07, 6.45) is 2.51. The summed E-state index contributed by atoms with van der Waals surface area (Å²) < 4.78 is 0. The van der Waals surface area contributed by atoms with E-state index in [1.54, 1.807) is 12.1 Å². The zero-order valence-corrected chi connectivity index (χ0v) is 10.6. The first-order valence-electron chi connectivity index (χ1n) is 5.78. The lowest BCUT2D eigenvalue weighted by Crippen LogP contribution is -2.18. The van der Waals surface area contributed by atoms with Crippen molar-refractivity contribution in [1.82, 2.24) is 10.4 Å². The second kappa shape index (κ2) is 6.24. The molecule has 0 radical (unpaired) electrons. The Kier molecular flexibility index (Phi) is 4.20. The molecule has 0 atom stereocenters. The summed E-state index contributed by atoms with van der Waals surface area (Å²) in [5, 5.41) is 25.9. The van der Waals surface area contributed by atoms with Crippen molar-refractivity contribution in [3.63, 3.8) is 0 Å². The van der Waals surface area contributed by atoms with Gasteiger partial charge < -0.3 is 5.11 Å². The lowest BCUT2D eigenvalue weighted by molar-refractivity contribution is -0.398. The normalized spacial score (nSPS) is 10.5. The van der Waals surface area contributed by atoms with E-state index in [0.717, 1.165) is 12.3 Å². The lowest BCUT2D eigenvalue weighted by atomic mass is 10.2. The predicted molar refractivity (Wildman–Crippen MR) is 71.8 cm³/mol. The van der Waals surface area contributed by atoms with E-state index < -0.39 is 22.3 Å². The van der Waals surface area contributed by atoms with Gasteiger partial charge in [-0.15, -0.1) is 0 Å². The highest BCUT2D eigenvalue weighted by Gasteiger charge is 2.08. The van der Waals surface area contributed by atoms with E-state index in [-0.39, 0.29) is 11.3 Å². The summed E-state index contributed by atoms with van der Waals surface area (Å²) in [7, 11) is 0. The number of rotatable bonds is 4. The Bertz CT molecular complexity index is 701. The van der Waals surface area contributed by atoms with E-state index in [4.69, 9.17) is 0 Å². The number of para-hydroxylation sites is 1. The van der Waals surface area contributed by atoms with Crippen molar-refractivity contribution >= 4 is 17.8 Å². The Morgan fingerprint density at radius 3 is 2.76 bits per heavy atom. The molecule has 1 aromatic carbocycles. The van der Waals surface area contributed by atoms with Crippen LogP contribution in [-0.4, -0.2) is 22.0 Å². The van der Waals surface area contributed by atoms with Gasteiger partial charge in [-0.25, -0.2) is 5.43 Å². The van der Waals surface area contributed by atoms with Gasteiger partial charge in [-0.2, -0.15) is 5.10 Å². The van der Waals surface area contributed by atoms with Gasteiger partial charge in [0.15, 0.2) is 0 Å². The third-order valence-electron chi connectivity index (χ3n) is 2.49. The Morgan fingerprint density at radius 1 is 1.29 bits per heavy atom. The Morgan fingerprint density at radius 2 is 2.10 bits per heavy atom. The number of hydrazone groups is 1. The number of nitrogens with one attached hydrogen (secondary N) is 1. The molecule has 1 aromatic heterocycles. The number of carbonyl (C=O) groups excluding carboxylic acids is 1. The maximum absolute atomic E-state index is 11.7. The maximum Gasteiger partial charge on any atom is 0.289 e. The number of pyridine rings is 1. The minimum atomic E-state index is -0.772. The Balaban J connectivity index is 2.10. The molecule has 8 nitrogen and oxygen atoms in total. The molecule has 0 saturated heterocycles. The van der Waals surface area contributed by atoms with E-state index in [0.29, 0.717) is 0 Å². The van der Waals surface area contributed by atoms with Crippen LogP contribution in [0.4, 0.5) is 5.69 Å². The van der Waals surface area contributed by atoms with Crippen molar-refractivity contribution in [1.29, 1.82) is 0 Å². The van der Waals surface area contributed by atoms with Crippen molar-refractivity contribution in [3.8, 4) is 5.75 Å². The first-order valence-corrected chi connectivity index (χ1v) is 5.78. The minimum absolute atomic E-state index is 0.00511. The number of nitro benzene ring substituents is 1. The van der Waals surface area contributed by atoms with Gasteiger partial charge in [0, 0.05) is 12.3 Å². The van der Waals surface area contributed by atoms with E-state index in [1.807, 2.05) is 0 Å². The monoisotopic (exact) mass is 285 g/mol. The van der Waals surface area contributed by atoms with Crippen LogP contribution < -0.4 is 10.5 Å². The fraction of sp³-hybridized carbons (Fsp3) is 0. The van der Waals surface area contributed by atoms with Gasteiger partial charge in [0.2, 0.25) is 0 Å². The van der Waals surface area contributed by atoms with Crippen LogP contribution in [0.15, 0.2) is 47.7 Å². The largest absolute Gasteiger partial charge is 0.867 e. The molecule has 0 bridgehead atoms. The average molecular weight is 285 g/mol. The molecule has 106 valence electrons. The number of nitro groups is 1. The van der Waals surface area contributed by atoms with Crippen LogP contribution in [-0.2, 0) is 0 Å². The van der Waals surface area contributed by atoms with E-state index >= 15 is 0 Å². The third kappa shape index (κ3) is 3.38. The molecule has 0 fully saturated rings. The molecule has 0 aliphatic heterocycles. The number of aromatic nitrogens is 1. The molecule has 1 amide bonds. The van der Waals surface area contributed by atoms with Gasteiger partial charge in [0.25, 0.3) is 11.6 Å². The lowest BCUT2D eigenvalue weighted by Gasteiger charge is -2.09. The highest BCUT2D eigenvalue weighted by atomic mass is 16.6. The zero-order chi connectivity index (χ0) is 15.2. The SMILES string of the molecule is O=C(N/N=C\c1cccc([N+](=O)[O-])c1[O-])c1ccccn1. The van der Waals surface area contributed by atoms with Crippen molar-refractivity contribution in [3.05, 3.63) is 64.0 Å². The number of amides is 1. The van der Waals surface area contributed by atoms with Gasteiger partial charge in [0.05, 0.1) is 11.1 Å². The molecule has 0 aliphatic carbocycles. The highest BCUT2D eigenvalue weighted by Crippen LogP contribution is 2.24. The standard InChI is InChI=1S/C13H10N4O4/c18-12-9(4-3-6-11(12)17(20)21)8-15-16-13(19)10-5-1-2-7-14-10/h1-8,18H,(H,16,19)/p-1/b15-8-. The zero-order valence-electron chi connectivity index (χ0n) is 10.6. The van der Waals surface area contributed by atoms with Crippen molar-refractivity contribution in [2.45, 2.75) is 0 Å². The molecular weight excluding hydrogens is 276 g/mol. The highest BCUT2D eigenvalue weighted by molar-refractivity contribution is 5.93. The number of nitrogens with zero attached hydrogens (tertiary/aromatic N) is 3. The first kappa shape index (κ1) is 14.1. The van der Waals surface area contributed by atoms with E-state index in [9.17, 15) is 20.0 Å². The number of hydrogen-bond donors (Lipinski definition) is 1. The van der Waals surface area contributed by atoms with Crippen LogP contribution in [0.25, 0.3) is 0 Å². The summed E-state index contributed by atoms with van der Waals surface area (Å²) in [4.78, 5) is 25.3. The van der Waals surface area contributed by atoms with Gasteiger partial charge in [0.1, 0.15) is 5.69 Å². The predicted octanol–water partition coefficient (Wildman–Crippen LogP) is 0.827. The van der Waals surface area contributed by atoms with Crippen LogP contribution in [0.5, 0.6) is 5.75 Å². The first-order chi connectivity index (χ1) is 10.1. The number of benzene rings is 1. The molecule has 1 heterocycles. The molecule has 0 spiro atoms. The Labute approximate surface area is 118 Å². The Hall–Kier alpha value is -3.29. The molecule has 0 aliphatic rings. The van der Waals surface area contributed by atoms with Crippen LogP contribution in [0.3, 0.4) is 0 Å². The maximum atomic E-state index is 11.7. The van der Waals surface area contributed by atoms with E-state index in [1.165, 1.54) is 24.4 Å². The summed E-state index contributed by atoms with van der Waals surface area (Å²) in [5.74, 6) is -1.32. The van der Waals surface area contributed by atoms with Crippen LogP contribution in [0, 0.1) is 10.1 Å². The van der Waals surface area contributed by atoms with E-state index in [2.05, 4.69) is 15.5 Å². The fourth-order valence-corrected chi connectivity index (χ4v) is 1.50. The molecule has 21 heavy (non-hydrogen) atoms. The summed E-state index contributed by atoms with van der Waals surface area (Å²) in [5.41, 5.74) is 1.80. The van der Waals surface area contributed by atoms with Gasteiger partial charge in [-0.05, 0) is 23.4 Å². The second-order valence-electron chi connectivity index (χ2n) is 3.87.